The first-order valence-corrected chi connectivity index (χ1v) is 6.90. The summed E-state index contributed by atoms with van der Waals surface area (Å²) in [6.45, 7) is 2.24. The topological polar surface area (TPSA) is 17.0 Å². The van der Waals surface area contributed by atoms with Gasteiger partial charge in [0.15, 0.2) is 0 Å². The quantitative estimate of drug-likeness (QED) is 0.695. The monoisotopic (exact) mass is 260 g/mol. The molecule has 20 heavy (non-hydrogen) atoms. The minimum absolute atomic E-state index is 0.209. The van der Waals surface area contributed by atoms with E-state index in [4.69, 9.17) is 0 Å². The molecular weight excluding hydrogens is 244 g/mol. The van der Waals surface area contributed by atoms with E-state index < -0.39 is 0 Å². The Labute approximate surface area is 118 Å². The summed E-state index contributed by atoms with van der Waals surface area (Å²) in [5.41, 5.74) is 4.71. The van der Waals surface area contributed by atoms with Crippen molar-refractivity contribution in [3.63, 3.8) is 0 Å². The van der Waals surface area contributed by atoms with Crippen molar-refractivity contribution < 1.29 is 0 Å². The lowest BCUT2D eigenvalue weighted by atomic mass is 9.86. The molecule has 0 aliphatic carbocycles. The van der Waals surface area contributed by atoms with Crippen LogP contribution in [0.5, 0.6) is 0 Å². The molecular formula is C18H16N2. The number of nitrogens with zero attached hydrogens (tertiary/aromatic N) is 1. The van der Waals surface area contributed by atoms with Gasteiger partial charge in [-0.25, -0.2) is 0 Å². The Kier molecular flexibility index (Phi) is 2.27. The Bertz CT molecular complexity index is 758. The summed E-state index contributed by atoms with van der Waals surface area (Å²) in [5.74, 6) is 0. The number of nitrogens with one attached hydrogen (secondary N) is 1. The van der Waals surface area contributed by atoms with E-state index in [1.807, 2.05) is 0 Å². The van der Waals surface area contributed by atoms with Crippen LogP contribution in [-0.2, 0) is 5.54 Å². The second-order valence-corrected chi connectivity index (χ2v) is 5.40. The smallest absolute Gasteiger partial charge is 0.101 e. The van der Waals surface area contributed by atoms with Gasteiger partial charge in [0.1, 0.15) is 5.54 Å². The molecule has 2 nitrogen and oxygen atoms in total. The summed E-state index contributed by atoms with van der Waals surface area (Å²) in [4.78, 5) is 0. The average molecular weight is 260 g/mol. The van der Waals surface area contributed by atoms with Crippen LogP contribution in [0.15, 0.2) is 72.9 Å². The molecule has 1 unspecified atom stereocenters. The van der Waals surface area contributed by atoms with Crippen molar-refractivity contribution in [3.8, 4) is 5.69 Å². The predicted molar refractivity (Wildman–Crippen MR) is 82.3 cm³/mol. The van der Waals surface area contributed by atoms with Crippen molar-refractivity contribution in [2.45, 2.75) is 12.5 Å². The Morgan fingerprint density at radius 1 is 0.850 bits per heavy atom. The predicted octanol–water partition coefficient (Wildman–Crippen LogP) is 4.17. The third kappa shape index (κ3) is 1.45. The summed E-state index contributed by atoms with van der Waals surface area (Å²) < 4.78 is 2.28. The van der Waals surface area contributed by atoms with Crippen LogP contribution in [0.3, 0.4) is 0 Å². The van der Waals surface area contributed by atoms with Crippen LogP contribution < -0.4 is 5.32 Å². The zero-order chi connectivity index (χ0) is 13.6. The molecule has 2 aromatic carbocycles. The van der Waals surface area contributed by atoms with Crippen LogP contribution >= 0.6 is 0 Å². The maximum Gasteiger partial charge on any atom is 0.101 e. The highest BCUT2D eigenvalue weighted by Gasteiger charge is 2.35. The van der Waals surface area contributed by atoms with Crippen LogP contribution in [0.1, 0.15) is 18.2 Å². The normalized spacial score (nSPS) is 19.9. The summed E-state index contributed by atoms with van der Waals surface area (Å²) in [5, 5.41) is 3.71. The van der Waals surface area contributed by atoms with Gasteiger partial charge in [-0.05, 0) is 36.8 Å². The Hall–Kier alpha value is -2.48. The summed E-state index contributed by atoms with van der Waals surface area (Å²) in [6, 6.07) is 23.3. The van der Waals surface area contributed by atoms with Gasteiger partial charge in [-0.2, -0.15) is 0 Å². The lowest BCUT2D eigenvalue weighted by Crippen LogP contribution is -2.38. The lowest BCUT2D eigenvalue weighted by molar-refractivity contribution is 0.603. The van der Waals surface area contributed by atoms with E-state index in [0.717, 1.165) is 0 Å². The maximum absolute atomic E-state index is 3.71. The largest absolute Gasteiger partial charge is 0.369 e. The minimum atomic E-state index is -0.209. The summed E-state index contributed by atoms with van der Waals surface area (Å²) >= 11 is 0. The molecule has 0 saturated heterocycles. The second kappa shape index (κ2) is 4.01. The molecule has 2 heteroatoms. The molecule has 1 N–H and O–H groups in total. The lowest BCUT2D eigenvalue weighted by Gasteiger charge is -2.38. The molecule has 1 aliphatic rings. The van der Waals surface area contributed by atoms with Crippen molar-refractivity contribution in [3.05, 3.63) is 84.2 Å². The number of para-hydroxylation sites is 2. The third-order valence-corrected chi connectivity index (χ3v) is 4.16. The molecule has 0 amide bonds. The maximum atomic E-state index is 3.71. The number of hydrogen-bond donors (Lipinski definition) is 1. The molecule has 0 fully saturated rings. The van der Waals surface area contributed by atoms with Crippen LogP contribution in [0.25, 0.3) is 5.69 Å². The molecule has 98 valence electrons. The molecule has 0 bridgehead atoms. The standard InChI is InChI=1S/C18H16N2/c1-18(14-8-3-2-4-9-14)17-12-7-13-20(17)16-11-6-5-10-15(16)19-18/h2-13,19H,1H3. The molecule has 1 aliphatic heterocycles. The first-order chi connectivity index (χ1) is 9.79. The molecule has 0 radical (unpaired) electrons. The third-order valence-electron chi connectivity index (χ3n) is 4.16. The van der Waals surface area contributed by atoms with E-state index in [0.29, 0.717) is 0 Å². The van der Waals surface area contributed by atoms with Crippen molar-refractivity contribution in [2.24, 2.45) is 0 Å². The van der Waals surface area contributed by atoms with Gasteiger partial charge in [0, 0.05) is 6.20 Å². The van der Waals surface area contributed by atoms with Crippen molar-refractivity contribution in [2.75, 3.05) is 5.32 Å². The zero-order valence-electron chi connectivity index (χ0n) is 11.4. The van der Waals surface area contributed by atoms with Crippen molar-refractivity contribution >= 4 is 5.69 Å². The van der Waals surface area contributed by atoms with Crippen LogP contribution in [-0.4, -0.2) is 4.57 Å². The zero-order valence-corrected chi connectivity index (χ0v) is 11.4. The van der Waals surface area contributed by atoms with Crippen LogP contribution in [0.4, 0.5) is 5.69 Å². The number of rotatable bonds is 1. The number of anilines is 1. The second-order valence-electron chi connectivity index (χ2n) is 5.40. The molecule has 1 atom stereocenters. The van der Waals surface area contributed by atoms with Crippen molar-refractivity contribution in [1.82, 2.24) is 4.57 Å². The highest BCUT2D eigenvalue weighted by molar-refractivity contribution is 5.68. The minimum Gasteiger partial charge on any atom is -0.369 e. The summed E-state index contributed by atoms with van der Waals surface area (Å²) in [6.07, 6.45) is 2.14. The van der Waals surface area contributed by atoms with Gasteiger partial charge in [0.05, 0.1) is 17.1 Å². The molecule has 1 aromatic heterocycles. The Morgan fingerprint density at radius 2 is 1.60 bits per heavy atom. The van der Waals surface area contributed by atoms with Crippen LogP contribution in [0.2, 0.25) is 0 Å². The Balaban J connectivity index is 1.98. The number of benzene rings is 2. The van der Waals surface area contributed by atoms with E-state index in [1.165, 1.54) is 22.6 Å². The molecule has 2 heterocycles. The number of aromatic nitrogens is 1. The summed E-state index contributed by atoms with van der Waals surface area (Å²) in [7, 11) is 0. The molecule has 4 rings (SSSR count). The van der Waals surface area contributed by atoms with E-state index >= 15 is 0 Å². The van der Waals surface area contributed by atoms with Gasteiger partial charge in [0.25, 0.3) is 0 Å². The van der Waals surface area contributed by atoms with Gasteiger partial charge in [0.2, 0.25) is 0 Å². The van der Waals surface area contributed by atoms with Gasteiger partial charge in [-0.1, -0.05) is 42.5 Å². The number of hydrogen-bond acceptors (Lipinski definition) is 1. The van der Waals surface area contributed by atoms with Gasteiger partial charge in [-0.15, -0.1) is 0 Å². The van der Waals surface area contributed by atoms with E-state index in [2.05, 4.69) is 89.7 Å². The van der Waals surface area contributed by atoms with Gasteiger partial charge >= 0.3 is 0 Å². The SMILES string of the molecule is CC1(c2ccccc2)Nc2ccccc2-n2cccc21. The molecule has 0 spiro atoms. The highest BCUT2D eigenvalue weighted by atomic mass is 15.1. The van der Waals surface area contributed by atoms with E-state index in [9.17, 15) is 0 Å². The van der Waals surface area contributed by atoms with Gasteiger partial charge in [-0.3, -0.25) is 0 Å². The fraction of sp³-hybridized carbons (Fsp3) is 0.111. The van der Waals surface area contributed by atoms with Crippen LogP contribution in [0, 0.1) is 0 Å². The highest BCUT2D eigenvalue weighted by Crippen LogP contribution is 2.40. The molecule has 0 saturated carbocycles. The fourth-order valence-electron chi connectivity index (χ4n) is 3.11. The van der Waals surface area contributed by atoms with E-state index in [-0.39, 0.29) is 5.54 Å². The Morgan fingerprint density at radius 3 is 2.45 bits per heavy atom. The number of fused-ring (bicyclic) bond motifs is 3. The van der Waals surface area contributed by atoms with Gasteiger partial charge < -0.3 is 9.88 Å². The van der Waals surface area contributed by atoms with Crippen molar-refractivity contribution in [1.29, 1.82) is 0 Å². The van der Waals surface area contributed by atoms with E-state index in [1.54, 1.807) is 0 Å². The fourth-order valence-corrected chi connectivity index (χ4v) is 3.11. The first-order valence-electron chi connectivity index (χ1n) is 6.90. The average Bonchev–Trinajstić information content (AvgIpc) is 2.99. The molecule has 3 aromatic rings. The first kappa shape index (κ1) is 11.4.